The Bertz CT molecular complexity index is 1200. The number of esters is 1. The highest BCUT2D eigenvalue weighted by molar-refractivity contribution is 5.97. The zero-order valence-electron chi connectivity index (χ0n) is 19.0. The maximum atomic E-state index is 13.0. The van der Waals surface area contributed by atoms with Crippen LogP contribution in [0.3, 0.4) is 0 Å². The zero-order chi connectivity index (χ0) is 22.5. The molecule has 0 aromatic heterocycles. The predicted molar refractivity (Wildman–Crippen MR) is 127 cm³/mol. The Labute approximate surface area is 189 Å². The van der Waals surface area contributed by atoms with Crippen molar-refractivity contribution >= 4 is 17.3 Å². The molecular weight excluding hydrogens is 400 g/mol. The van der Waals surface area contributed by atoms with E-state index in [1.807, 2.05) is 42.5 Å². The number of rotatable bonds is 5. The highest BCUT2D eigenvalue weighted by Crippen LogP contribution is 2.57. The molecule has 0 radical (unpaired) electrons. The van der Waals surface area contributed by atoms with E-state index in [0.29, 0.717) is 5.56 Å². The monoisotopic (exact) mass is 428 g/mol. The van der Waals surface area contributed by atoms with E-state index in [1.54, 1.807) is 0 Å². The molecule has 2 heterocycles. The second kappa shape index (κ2) is 7.59. The predicted octanol–water partition coefficient (Wildman–Crippen LogP) is 5.56. The third-order valence-electron chi connectivity index (χ3n) is 6.72. The van der Waals surface area contributed by atoms with Gasteiger partial charge in [-0.05, 0) is 51.1 Å². The molecule has 164 valence electrons. The fourth-order valence-corrected chi connectivity index (χ4v) is 4.86. The molecule has 0 fully saturated rings. The summed E-state index contributed by atoms with van der Waals surface area (Å²) in [5.74, 6) is 1.14. The van der Waals surface area contributed by atoms with E-state index in [-0.39, 0.29) is 5.97 Å². The standard InChI is InChI=1S/C27H28N2O3/c1-5-28(4)18-12-14-22-24(16-18)31-25-17-19(29(6-2)7-3)13-15-23(25)27(22)21-11-9-8-10-20(21)26(30)32-27/h8-17H,5-7H2,1-4H3. The Morgan fingerprint density at radius 1 is 0.781 bits per heavy atom. The average Bonchev–Trinajstić information content (AvgIpc) is 3.12. The minimum Gasteiger partial charge on any atom is -0.456 e. The number of carbonyl (C=O) groups is 1. The number of nitrogens with zero attached hydrogens (tertiary/aromatic N) is 2. The molecule has 1 atom stereocenters. The third kappa shape index (κ3) is 2.80. The molecule has 5 rings (SSSR count). The van der Waals surface area contributed by atoms with Gasteiger partial charge in [0.25, 0.3) is 0 Å². The van der Waals surface area contributed by atoms with Gasteiger partial charge in [-0.3, -0.25) is 0 Å². The Balaban J connectivity index is 1.77. The number of hydrogen-bond donors (Lipinski definition) is 0. The zero-order valence-corrected chi connectivity index (χ0v) is 19.0. The van der Waals surface area contributed by atoms with Crippen molar-refractivity contribution in [3.63, 3.8) is 0 Å². The number of carbonyl (C=O) groups excluding carboxylic acids is 1. The summed E-state index contributed by atoms with van der Waals surface area (Å²) in [4.78, 5) is 17.4. The minimum absolute atomic E-state index is 0.304. The second-order valence-corrected chi connectivity index (χ2v) is 8.27. The van der Waals surface area contributed by atoms with Gasteiger partial charge in [-0.15, -0.1) is 0 Å². The van der Waals surface area contributed by atoms with Gasteiger partial charge in [0, 0.05) is 66.9 Å². The lowest BCUT2D eigenvalue weighted by Gasteiger charge is -2.37. The molecule has 0 amide bonds. The number of anilines is 2. The maximum Gasteiger partial charge on any atom is 0.340 e. The molecular formula is C27H28N2O3. The van der Waals surface area contributed by atoms with E-state index in [9.17, 15) is 4.79 Å². The van der Waals surface area contributed by atoms with Crippen LogP contribution in [0.15, 0.2) is 60.7 Å². The van der Waals surface area contributed by atoms with Crippen LogP contribution in [0, 0.1) is 0 Å². The molecule has 5 nitrogen and oxygen atoms in total. The Hall–Kier alpha value is -3.47. The molecule has 0 aliphatic carbocycles. The van der Waals surface area contributed by atoms with Crippen LogP contribution in [0.5, 0.6) is 11.5 Å². The summed E-state index contributed by atoms with van der Waals surface area (Å²) in [6, 6.07) is 20.0. The maximum absolute atomic E-state index is 13.0. The van der Waals surface area contributed by atoms with Gasteiger partial charge >= 0.3 is 5.97 Å². The van der Waals surface area contributed by atoms with Crippen LogP contribution in [-0.2, 0) is 10.3 Å². The van der Waals surface area contributed by atoms with Crippen LogP contribution in [0.4, 0.5) is 11.4 Å². The minimum atomic E-state index is -1.01. The van der Waals surface area contributed by atoms with E-state index >= 15 is 0 Å². The van der Waals surface area contributed by atoms with Gasteiger partial charge in [-0.25, -0.2) is 4.79 Å². The van der Waals surface area contributed by atoms with Crippen molar-refractivity contribution in [1.29, 1.82) is 0 Å². The van der Waals surface area contributed by atoms with Crippen molar-refractivity contribution in [2.24, 2.45) is 0 Å². The second-order valence-electron chi connectivity index (χ2n) is 8.27. The van der Waals surface area contributed by atoms with Crippen molar-refractivity contribution in [1.82, 2.24) is 0 Å². The SMILES string of the molecule is CCN(C)c1ccc2c(c1)Oc1cc(N(CC)CC)ccc1C21OC(=O)c2ccccc21. The van der Waals surface area contributed by atoms with E-state index in [4.69, 9.17) is 9.47 Å². The molecule has 0 N–H and O–H groups in total. The average molecular weight is 429 g/mol. The van der Waals surface area contributed by atoms with Crippen LogP contribution in [-0.4, -0.2) is 32.7 Å². The van der Waals surface area contributed by atoms with Crippen LogP contribution in [0.25, 0.3) is 0 Å². The summed E-state index contributed by atoms with van der Waals surface area (Å²) in [6.45, 7) is 9.08. The van der Waals surface area contributed by atoms with Crippen LogP contribution in [0.2, 0.25) is 0 Å². The van der Waals surface area contributed by atoms with Crippen LogP contribution in [0.1, 0.15) is 47.8 Å². The lowest BCUT2D eigenvalue weighted by molar-refractivity contribution is 0.0224. The highest BCUT2D eigenvalue weighted by Gasteiger charge is 2.53. The van der Waals surface area contributed by atoms with E-state index in [2.05, 4.69) is 55.8 Å². The lowest BCUT2D eigenvalue weighted by atomic mass is 9.77. The van der Waals surface area contributed by atoms with Gasteiger partial charge in [0.15, 0.2) is 5.60 Å². The molecule has 3 aromatic carbocycles. The number of hydrogen-bond acceptors (Lipinski definition) is 5. The Morgan fingerprint density at radius 3 is 2.06 bits per heavy atom. The van der Waals surface area contributed by atoms with E-state index < -0.39 is 5.60 Å². The lowest BCUT2D eigenvalue weighted by Crippen LogP contribution is -2.33. The quantitative estimate of drug-likeness (QED) is 0.498. The molecule has 0 bridgehead atoms. The van der Waals surface area contributed by atoms with E-state index in [0.717, 1.165) is 59.2 Å². The number of ether oxygens (including phenoxy) is 2. The molecule has 1 spiro atoms. The van der Waals surface area contributed by atoms with Gasteiger partial charge in [0.2, 0.25) is 0 Å². The fourth-order valence-electron chi connectivity index (χ4n) is 4.86. The first-order valence-corrected chi connectivity index (χ1v) is 11.3. The summed E-state index contributed by atoms with van der Waals surface area (Å²) in [5, 5.41) is 0. The van der Waals surface area contributed by atoms with Gasteiger partial charge in [-0.1, -0.05) is 18.2 Å². The van der Waals surface area contributed by atoms with Crippen LogP contribution < -0.4 is 14.5 Å². The van der Waals surface area contributed by atoms with Gasteiger partial charge in [0.1, 0.15) is 11.5 Å². The first-order chi connectivity index (χ1) is 15.5. The first-order valence-electron chi connectivity index (χ1n) is 11.3. The smallest absolute Gasteiger partial charge is 0.340 e. The first kappa shape index (κ1) is 20.4. The Morgan fingerprint density at radius 2 is 1.41 bits per heavy atom. The largest absolute Gasteiger partial charge is 0.456 e. The number of benzene rings is 3. The van der Waals surface area contributed by atoms with Crippen molar-refractivity contribution in [3.8, 4) is 11.5 Å². The highest BCUT2D eigenvalue weighted by atomic mass is 16.6. The van der Waals surface area contributed by atoms with Gasteiger partial charge in [0.05, 0.1) is 5.56 Å². The van der Waals surface area contributed by atoms with Crippen LogP contribution >= 0.6 is 0 Å². The van der Waals surface area contributed by atoms with Crippen molar-refractivity contribution in [3.05, 3.63) is 82.9 Å². The fraction of sp³-hybridized carbons (Fsp3) is 0.296. The molecule has 2 aliphatic heterocycles. The summed E-state index contributed by atoms with van der Waals surface area (Å²) >= 11 is 0. The molecule has 2 aliphatic rings. The summed E-state index contributed by atoms with van der Waals surface area (Å²) < 4.78 is 12.7. The van der Waals surface area contributed by atoms with Gasteiger partial charge in [-0.2, -0.15) is 0 Å². The molecule has 1 unspecified atom stereocenters. The third-order valence-corrected chi connectivity index (χ3v) is 6.72. The molecule has 3 aromatic rings. The molecule has 0 saturated heterocycles. The van der Waals surface area contributed by atoms with E-state index in [1.165, 1.54) is 0 Å². The van der Waals surface area contributed by atoms with Crippen molar-refractivity contribution in [2.45, 2.75) is 26.4 Å². The summed E-state index contributed by atoms with van der Waals surface area (Å²) in [5.41, 5.74) is 4.32. The van der Waals surface area contributed by atoms with Crippen molar-refractivity contribution in [2.75, 3.05) is 36.5 Å². The van der Waals surface area contributed by atoms with Crippen molar-refractivity contribution < 1.29 is 14.3 Å². The molecule has 5 heteroatoms. The summed E-state index contributed by atoms with van der Waals surface area (Å²) in [6.07, 6.45) is 0. The van der Waals surface area contributed by atoms with Gasteiger partial charge < -0.3 is 19.3 Å². The number of fused-ring (bicyclic) bond motifs is 6. The summed E-state index contributed by atoms with van der Waals surface area (Å²) in [7, 11) is 2.05. The topological polar surface area (TPSA) is 42.0 Å². The molecule has 0 saturated carbocycles. The Kier molecular flexibility index (Phi) is 4.85. The normalized spacial score (nSPS) is 17.8. The molecule has 32 heavy (non-hydrogen) atoms.